The number of anilines is 1. The van der Waals surface area contributed by atoms with E-state index in [2.05, 4.69) is 9.88 Å². The number of thiazole rings is 1. The number of nitrogens with zero attached hydrogens (tertiary/aromatic N) is 3. The summed E-state index contributed by atoms with van der Waals surface area (Å²) in [5, 5.41) is 3.37. The molecular weight excluding hydrogens is 456 g/mol. The Labute approximate surface area is 182 Å². The molecule has 4 rings (SSSR count). The van der Waals surface area contributed by atoms with Crippen molar-refractivity contribution < 1.29 is 12.8 Å². The van der Waals surface area contributed by atoms with Gasteiger partial charge >= 0.3 is 0 Å². The number of piperazine rings is 1. The fraction of sp³-hybridized carbons (Fsp3) is 0.211. The van der Waals surface area contributed by atoms with Gasteiger partial charge in [-0.05, 0) is 30.3 Å². The highest BCUT2D eigenvalue weighted by atomic mass is 35.5. The Kier molecular flexibility index (Phi) is 5.81. The molecule has 1 aliphatic rings. The molecule has 0 bridgehead atoms. The van der Waals surface area contributed by atoms with Gasteiger partial charge in [-0.1, -0.05) is 35.3 Å². The Bertz CT molecular complexity index is 1130. The number of sulfonamides is 1. The molecule has 0 saturated carbocycles. The summed E-state index contributed by atoms with van der Waals surface area (Å²) in [6, 6.07) is 10.8. The van der Waals surface area contributed by atoms with Gasteiger partial charge in [-0.25, -0.2) is 17.8 Å². The summed E-state index contributed by atoms with van der Waals surface area (Å²) in [7, 11) is -3.78. The van der Waals surface area contributed by atoms with E-state index in [4.69, 9.17) is 23.2 Å². The monoisotopic (exact) mass is 471 g/mol. The second kappa shape index (κ2) is 8.20. The highest BCUT2D eigenvalue weighted by Gasteiger charge is 2.31. The normalized spacial score (nSPS) is 15.6. The first-order valence-corrected chi connectivity index (χ1v) is 11.8. The summed E-state index contributed by atoms with van der Waals surface area (Å²) >= 11 is 13.4. The van der Waals surface area contributed by atoms with Gasteiger partial charge in [0.2, 0.25) is 10.0 Å². The van der Waals surface area contributed by atoms with Crippen molar-refractivity contribution in [3.63, 3.8) is 0 Å². The van der Waals surface area contributed by atoms with Crippen molar-refractivity contribution in [3.8, 4) is 11.3 Å². The molecule has 5 nitrogen and oxygen atoms in total. The first-order chi connectivity index (χ1) is 13.8. The molecule has 2 heterocycles. The Balaban J connectivity index is 1.46. The molecule has 0 atom stereocenters. The minimum Gasteiger partial charge on any atom is -0.345 e. The number of aromatic nitrogens is 1. The zero-order valence-electron chi connectivity index (χ0n) is 15.1. The topological polar surface area (TPSA) is 53.5 Å². The lowest BCUT2D eigenvalue weighted by Crippen LogP contribution is -2.48. The van der Waals surface area contributed by atoms with Gasteiger partial charge in [0, 0.05) is 42.1 Å². The van der Waals surface area contributed by atoms with Crippen LogP contribution in [-0.4, -0.2) is 43.9 Å². The highest BCUT2D eigenvalue weighted by Crippen LogP contribution is 2.30. The molecule has 3 aromatic rings. The molecule has 1 fully saturated rings. The van der Waals surface area contributed by atoms with E-state index in [0.29, 0.717) is 31.2 Å². The first kappa shape index (κ1) is 20.6. The second-order valence-corrected chi connectivity index (χ2v) is 10.1. The van der Waals surface area contributed by atoms with E-state index in [-0.39, 0.29) is 9.92 Å². The summed E-state index contributed by atoms with van der Waals surface area (Å²) in [6.07, 6.45) is 0. The summed E-state index contributed by atoms with van der Waals surface area (Å²) < 4.78 is 40.3. The number of benzene rings is 2. The maximum absolute atomic E-state index is 13.2. The Morgan fingerprint density at radius 1 is 1.00 bits per heavy atom. The number of rotatable bonds is 4. The molecule has 1 saturated heterocycles. The van der Waals surface area contributed by atoms with E-state index in [0.717, 1.165) is 28.5 Å². The Morgan fingerprint density at radius 3 is 2.34 bits per heavy atom. The van der Waals surface area contributed by atoms with Crippen molar-refractivity contribution in [3.05, 3.63) is 63.7 Å². The van der Waals surface area contributed by atoms with Crippen molar-refractivity contribution in [2.24, 2.45) is 0 Å². The second-order valence-electron chi connectivity index (χ2n) is 6.49. The van der Waals surface area contributed by atoms with E-state index in [9.17, 15) is 12.8 Å². The third kappa shape index (κ3) is 4.27. The van der Waals surface area contributed by atoms with Gasteiger partial charge < -0.3 is 4.90 Å². The lowest BCUT2D eigenvalue weighted by atomic mass is 10.2. The molecule has 152 valence electrons. The van der Waals surface area contributed by atoms with Crippen molar-refractivity contribution in [2.75, 3.05) is 31.1 Å². The first-order valence-electron chi connectivity index (χ1n) is 8.76. The summed E-state index contributed by atoms with van der Waals surface area (Å²) in [4.78, 5) is 6.66. The minimum absolute atomic E-state index is 0.0757. The fourth-order valence-corrected chi connectivity index (χ4v) is 6.05. The van der Waals surface area contributed by atoms with Gasteiger partial charge in [0.15, 0.2) is 5.13 Å². The molecule has 0 radical (unpaired) electrons. The summed E-state index contributed by atoms with van der Waals surface area (Å²) in [6.45, 7) is 1.61. The summed E-state index contributed by atoms with van der Waals surface area (Å²) in [5.41, 5.74) is 1.83. The molecule has 29 heavy (non-hydrogen) atoms. The van der Waals surface area contributed by atoms with Crippen LogP contribution in [0.5, 0.6) is 0 Å². The maximum atomic E-state index is 13.2. The molecular formula is C19H16Cl2FN3O2S2. The number of hydrogen-bond donors (Lipinski definition) is 0. The minimum atomic E-state index is -3.78. The Morgan fingerprint density at radius 2 is 1.69 bits per heavy atom. The molecule has 1 aromatic heterocycles. The van der Waals surface area contributed by atoms with Crippen molar-refractivity contribution in [2.45, 2.75) is 4.90 Å². The highest BCUT2D eigenvalue weighted by molar-refractivity contribution is 7.89. The Hall–Kier alpha value is -1.71. The van der Waals surface area contributed by atoms with Gasteiger partial charge in [0.1, 0.15) is 10.7 Å². The smallest absolute Gasteiger partial charge is 0.244 e. The van der Waals surface area contributed by atoms with Gasteiger partial charge in [-0.3, -0.25) is 0 Å². The zero-order chi connectivity index (χ0) is 20.6. The number of halogens is 3. The predicted octanol–water partition coefficient (Wildman–Crippen LogP) is 4.77. The van der Waals surface area contributed by atoms with Gasteiger partial charge in [0.25, 0.3) is 0 Å². The van der Waals surface area contributed by atoms with Gasteiger partial charge in [0.05, 0.1) is 10.7 Å². The van der Waals surface area contributed by atoms with Crippen LogP contribution in [0.3, 0.4) is 0 Å². The van der Waals surface area contributed by atoms with Crippen LogP contribution in [-0.2, 0) is 10.0 Å². The van der Waals surface area contributed by atoms with Crippen molar-refractivity contribution in [1.29, 1.82) is 0 Å². The van der Waals surface area contributed by atoms with Crippen LogP contribution in [0.4, 0.5) is 9.52 Å². The van der Waals surface area contributed by atoms with Crippen LogP contribution in [0.1, 0.15) is 0 Å². The summed E-state index contributed by atoms with van der Waals surface area (Å²) in [5.74, 6) is -0.570. The zero-order valence-corrected chi connectivity index (χ0v) is 18.2. The lowest BCUT2D eigenvalue weighted by Gasteiger charge is -2.33. The lowest BCUT2D eigenvalue weighted by molar-refractivity contribution is 0.384. The van der Waals surface area contributed by atoms with Crippen LogP contribution >= 0.6 is 34.5 Å². The van der Waals surface area contributed by atoms with Crippen molar-refractivity contribution in [1.82, 2.24) is 9.29 Å². The van der Waals surface area contributed by atoms with Crippen LogP contribution in [0.15, 0.2) is 52.7 Å². The average Bonchev–Trinajstić information content (AvgIpc) is 3.18. The van der Waals surface area contributed by atoms with E-state index in [1.54, 1.807) is 0 Å². The number of hydrogen-bond acceptors (Lipinski definition) is 5. The molecule has 10 heteroatoms. The van der Waals surface area contributed by atoms with Gasteiger partial charge in [-0.2, -0.15) is 4.31 Å². The molecule has 1 aliphatic heterocycles. The molecule has 0 amide bonds. The van der Waals surface area contributed by atoms with Crippen molar-refractivity contribution >= 4 is 49.7 Å². The molecule has 0 N–H and O–H groups in total. The van der Waals surface area contributed by atoms with E-state index < -0.39 is 15.8 Å². The van der Waals surface area contributed by atoms with E-state index in [1.807, 2.05) is 29.6 Å². The van der Waals surface area contributed by atoms with Crippen LogP contribution in [0.25, 0.3) is 11.3 Å². The van der Waals surface area contributed by atoms with E-state index >= 15 is 0 Å². The average molecular weight is 472 g/mol. The quantitative estimate of drug-likeness (QED) is 0.549. The third-order valence-electron chi connectivity index (χ3n) is 4.65. The molecule has 2 aromatic carbocycles. The largest absolute Gasteiger partial charge is 0.345 e. The van der Waals surface area contributed by atoms with Crippen LogP contribution in [0, 0.1) is 5.82 Å². The predicted molar refractivity (Wildman–Crippen MR) is 115 cm³/mol. The van der Waals surface area contributed by atoms with Crippen LogP contribution < -0.4 is 4.90 Å². The van der Waals surface area contributed by atoms with Gasteiger partial charge in [-0.15, -0.1) is 11.3 Å². The molecule has 0 unspecified atom stereocenters. The third-order valence-corrected chi connectivity index (χ3v) is 8.19. The van der Waals surface area contributed by atoms with E-state index in [1.165, 1.54) is 21.7 Å². The molecule has 0 spiro atoms. The maximum Gasteiger partial charge on any atom is 0.244 e. The standard InChI is InChI=1S/C19H16Cl2FN3O2S2/c20-14-3-1-13(2-4-14)17-12-28-19(23-17)24-7-9-25(10-8-24)29(26,27)18-6-5-15(22)11-16(18)21/h1-6,11-12H,7-10H2. The fourth-order valence-electron chi connectivity index (χ4n) is 3.11. The molecule has 0 aliphatic carbocycles. The SMILES string of the molecule is O=S(=O)(c1ccc(F)cc1Cl)N1CCN(c2nc(-c3ccc(Cl)cc3)cs2)CC1. The van der Waals surface area contributed by atoms with Crippen LogP contribution in [0.2, 0.25) is 10.0 Å².